The van der Waals surface area contributed by atoms with Crippen molar-refractivity contribution in [2.75, 3.05) is 0 Å². The zero-order chi connectivity index (χ0) is 9.97. The van der Waals surface area contributed by atoms with E-state index < -0.39 is 0 Å². The van der Waals surface area contributed by atoms with Crippen LogP contribution in [0.1, 0.15) is 16.4 Å². The van der Waals surface area contributed by atoms with Gasteiger partial charge in [-0.05, 0) is 24.6 Å². The lowest BCUT2D eigenvalue weighted by Gasteiger charge is -2.05. The van der Waals surface area contributed by atoms with Crippen LogP contribution in [0.25, 0.3) is 5.69 Å². The first-order valence-electron chi connectivity index (χ1n) is 4.50. The summed E-state index contributed by atoms with van der Waals surface area (Å²) in [5.74, 6) is 0. The van der Waals surface area contributed by atoms with Gasteiger partial charge in [-0.15, -0.1) is 0 Å². The Kier molecular flexibility index (Phi) is 2.86. The van der Waals surface area contributed by atoms with E-state index in [1.54, 1.807) is 6.20 Å². The Morgan fingerprint density at radius 1 is 1.29 bits per heavy atom. The van der Waals surface area contributed by atoms with Gasteiger partial charge in [0, 0.05) is 22.0 Å². The van der Waals surface area contributed by atoms with Crippen molar-refractivity contribution in [2.45, 2.75) is 10.8 Å². The molecule has 0 aliphatic carbocycles. The van der Waals surface area contributed by atoms with Crippen LogP contribution in [-0.2, 0) is 0 Å². The van der Waals surface area contributed by atoms with Crippen molar-refractivity contribution >= 4 is 22.6 Å². The van der Waals surface area contributed by atoms with Crippen LogP contribution in [0.3, 0.4) is 0 Å². The van der Waals surface area contributed by atoms with E-state index in [0.717, 1.165) is 5.69 Å². The van der Waals surface area contributed by atoms with Gasteiger partial charge < -0.3 is 4.57 Å². The summed E-state index contributed by atoms with van der Waals surface area (Å²) in [6, 6.07) is 8.55. The zero-order valence-corrected chi connectivity index (χ0v) is 10.0. The van der Waals surface area contributed by atoms with Gasteiger partial charge in [-0.1, -0.05) is 34.7 Å². The zero-order valence-electron chi connectivity index (χ0n) is 7.89. The predicted molar refractivity (Wildman–Crippen MR) is 66.0 cm³/mol. The molecule has 0 N–H and O–H groups in total. The minimum atomic E-state index is 0.560. The Morgan fingerprint density at radius 3 is 2.50 bits per heavy atom. The SMILES string of the molecule is CC(I)c1ccc(-n2ccnc2)cc1. The Balaban J connectivity index is 2.31. The fourth-order valence-corrected chi connectivity index (χ4v) is 1.74. The highest BCUT2D eigenvalue weighted by molar-refractivity contribution is 14.1. The van der Waals surface area contributed by atoms with Gasteiger partial charge in [0.2, 0.25) is 0 Å². The predicted octanol–water partition coefficient (Wildman–Crippen LogP) is 3.37. The number of rotatable bonds is 2. The van der Waals surface area contributed by atoms with Crippen molar-refractivity contribution in [3.8, 4) is 5.69 Å². The lowest BCUT2D eigenvalue weighted by molar-refractivity contribution is 1.05. The molecule has 3 heteroatoms. The maximum atomic E-state index is 4.02. The second kappa shape index (κ2) is 4.13. The summed E-state index contributed by atoms with van der Waals surface area (Å²) in [6.45, 7) is 2.19. The minimum absolute atomic E-state index is 0.560. The van der Waals surface area contributed by atoms with Crippen molar-refractivity contribution < 1.29 is 0 Å². The molecule has 2 aromatic rings. The molecule has 0 saturated carbocycles. The molecule has 0 aliphatic heterocycles. The van der Waals surface area contributed by atoms with Crippen molar-refractivity contribution in [1.29, 1.82) is 0 Å². The molecule has 0 bridgehead atoms. The second-order valence-corrected chi connectivity index (χ2v) is 5.05. The summed E-state index contributed by atoms with van der Waals surface area (Å²) < 4.78 is 2.56. The van der Waals surface area contributed by atoms with Gasteiger partial charge in [-0.2, -0.15) is 0 Å². The van der Waals surface area contributed by atoms with Crippen LogP contribution >= 0.6 is 22.6 Å². The quantitative estimate of drug-likeness (QED) is 0.614. The second-order valence-electron chi connectivity index (χ2n) is 3.18. The van der Waals surface area contributed by atoms with Crippen LogP contribution in [0.15, 0.2) is 43.0 Å². The Morgan fingerprint density at radius 2 is 2.00 bits per heavy atom. The van der Waals surface area contributed by atoms with Gasteiger partial charge in [0.15, 0.2) is 0 Å². The standard InChI is InChI=1S/C11H11IN2/c1-9(12)10-2-4-11(5-3-10)14-7-6-13-8-14/h2-9H,1H3. The Bertz CT molecular complexity index is 390. The molecule has 0 saturated heterocycles. The summed E-state index contributed by atoms with van der Waals surface area (Å²) in [4.78, 5) is 4.02. The van der Waals surface area contributed by atoms with E-state index in [9.17, 15) is 0 Å². The highest BCUT2D eigenvalue weighted by Crippen LogP contribution is 2.22. The van der Waals surface area contributed by atoms with E-state index in [1.807, 2.05) is 17.1 Å². The number of hydrogen-bond donors (Lipinski definition) is 0. The molecule has 1 heterocycles. The Hall–Kier alpha value is -0.840. The van der Waals surface area contributed by atoms with E-state index in [-0.39, 0.29) is 0 Å². The molecule has 72 valence electrons. The van der Waals surface area contributed by atoms with E-state index in [4.69, 9.17) is 0 Å². The van der Waals surface area contributed by atoms with Crippen molar-refractivity contribution in [2.24, 2.45) is 0 Å². The summed E-state index contributed by atoms with van der Waals surface area (Å²) in [6.07, 6.45) is 5.54. The van der Waals surface area contributed by atoms with Gasteiger partial charge >= 0.3 is 0 Å². The number of aromatic nitrogens is 2. The molecule has 0 aliphatic rings. The molecule has 1 aromatic carbocycles. The molecule has 1 atom stereocenters. The van der Waals surface area contributed by atoms with Gasteiger partial charge in [0.1, 0.15) is 0 Å². The maximum Gasteiger partial charge on any atom is 0.0991 e. The molecular weight excluding hydrogens is 287 g/mol. The molecule has 0 fully saturated rings. The number of alkyl halides is 1. The molecule has 0 spiro atoms. The number of hydrogen-bond acceptors (Lipinski definition) is 1. The minimum Gasteiger partial charge on any atom is -0.306 e. The largest absolute Gasteiger partial charge is 0.306 e. The van der Waals surface area contributed by atoms with E-state index in [1.165, 1.54) is 5.56 Å². The van der Waals surface area contributed by atoms with Crippen LogP contribution in [0.4, 0.5) is 0 Å². The number of benzene rings is 1. The van der Waals surface area contributed by atoms with E-state index in [0.29, 0.717) is 3.92 Å². The molecule has 2 nitrogen and oxygen atoms in total. The van der Waals surface area contributed by atoms with Crippen LogP contribution in [-0.4, -0.2) is 9.55 Å². The van der Waals surface area contributed by atoms with Crippen LogP contribution < -0.4 is 0 Å². The molecule has 2 rings (SSSR count). The topological polar surface area (TPSA) is 17.8 Å². The van der Waals surface area contributed by atoms with E-state index in [2.05, 4.69) is 58.8 Å². The van der Waals surface area contributed by atoms with Gasteiger partial charge in [-0.3, -0.25) is 0 Å². The highest BCUT2D eigenvalue weighted by Gasteiger charge is 2.00. The van der Waals surface area contributed by atoms with Crippen LogP contribution in [0.5, 0.6) is 0 Å². The number of halogens is 1. The summed E-state index contributed by atoms with van der Waals surface area (Å²) in [5.41, 5.74) is 2.51. The van der Waals surface area contributed by atoms with Gasteiger partial charge in [0.25, 0.3) is 0 Å². The normalized spacial score (nSPS) is 12.7. The fourth-order valence-electron chi connectivity index (χ4n) is 1.32. The average Bonchev–Trinajstić information content (AvgIpc) is 2.71. The number of imidazole rings is 1. The molecule has 0 amide bonds. The first kappa shape index (κ1) is 9.71. The summed E-state index contributed by atoms with van der Waals surface area (Å²) in [5, 5.41) is 0. The smallest absolute Gasteiger partial charge is 0.0991 e. The first-order valence-corrected chi connectivity index (χ1v) is 5.74. The molecule has 14 heavy (non-hydrogen) atoms. The van der Waals surface area contributed by atoms with E-state index >= 15 is 0 Å². The Labute approximate surface area is 97.1 Å². The first-order chi connectivity index (χ1) is 6.77. The number of nitrogens with zero attached hydrogens (tertiary/aromatic N) is 2. The molecule has 0 radical (unpaired) electrons. The van der Waals surface area contributed by atoms with Crippen molar-refractivity contribution in [3.05, 3.63) is 48.5 Å². The molecular formula is C11H11IN2. The monoisotopic (exact) mass is 298 g/mol. The van der Waals surface area contributed by atoms with Crippen molar-refractivity contribution in [1.82, 2.24) is 9.55 Å². The lowest BCUT2D eigenvalue weighted by atomic mass is 10.1. The summed E-state index contributed by atoms with van der Waals surface area (Å²) >= 11 is 2.41. The highest BCUT2D eigenvalue weighted by atomic mass is 127. The molecule has 1 unspecified atom stereocenters. The van der Waals surface area contributed by atoms with Crippen molar-refractivity contribution in [3.63, 3.8) is 0 Å². The average molecular weight is 298 g/mol. The van der Waals surface area contributed by atoms with Gasteiger partial charge in [0.05, 0.1) is 6.33 Å². The third-order valence-corrected chi connectivity index (χ3v) is 2.87. The lowest BCUT2D eigenvalue weighted by Crippen LogP contribution is -1.90. The van der Waals surface area contributed by atoms with Crippen LogP contribution in [0, 0.1) is 0 Å². The molecule has 1 aromatic heterocycles. The maximum absolute atomic E-state index is 4.02. The van der Waals surface area contributed by atoms with Crippen LogP contribution in [0.2, 0.25) is 0 Å². The van der Waals surface area contributed by atoms with Gasteiger partial charge in [-0.25, -0.2) is 4.98 Å². The third-order valence-electron chi connectivity index (χ3n) is 2.15. The third kappa shape index (κ3) is 1.97. The summed E-state index contributed by atoms with van der Waals surface area (Å²) in [7, 11) is 0. The fraction of sp³-hybridized carbons (Fsp3) is 0.182.